The molecule has 0 bridgehead atoms. The molecule has 0 aliphatic carbocycles. The zero-order chi connectivity index (χ0) is 24.8. The second kappa shape index (κ2) is 8.29. The molecule has 1 aromatic heterocycles. The van der Waals surface area contributed by atoms with E-state index in [0.29, 0.717) is 10.8 Å². The molecule has 0 fully saturated rings. The van der Waals surface area contributed by atoms with E-state index in [4.69, 9.17) is 11.6 Å². The molecular formula is C21H14ClF3N4O4S. The lowest BCUT2D eigenvalue weighted by Gasteiger charge is -2.15. The van der Waals surface area contributed by atoms with E-state index < -0.39 is 32.4 Å². The molecule has 0 amide bonds. The van der Waals surface area contributed by atoms with Gasteiger partial charge >= 0.3 is 6.18 Å². The van der Waals surface area contributed by atoms with Gasteiger partial charge in [-0.05, 0) is 42.8 Å². The average Bonchev–Trinajstić information content (AvgIpc) is 3.23. The Balaban J connectivity index is 1.77. The fourth-order valence-electron chi connectivity index (χ4n) is 3.33. The quantitative estimate of drug-likeness (QED) is 0.299. The largest absolute Gasteiger partial charge is 0.427 e. The highest BCUT2D eigenvalue weighted by molar-refractivity contribution is 7.92. The first-order valence-electron chi connectivity index (χ1n) is 9.45. The molecule has 0 spiro atoms. The summed E-state index contributed by atoms with van der Waals surface area (Å²) in [6.45, 7) is 1.21. The van der Waals surface area contributed by atoms with Gasteiger partial charge in [0.15, 0.2) is 5.82 Å². The van der Waals surface area contributed by atoms with Crippen molar-refractivity contribution in [1.29, 1.82) is 0 Å². The van der Waals surface area contributed by atoms with Crippen LogP contribution in [0.25, 0.3) is 11.4 Å². The number of anilines is 1. The van der Waals surface area contributed by atoms with Crippen molar-refractivity contribution in [2.75, 3.05) is 4.72 Å². The van der Waals surface area contributed by atoms with Crippen LogP contribution < -0.4 is 4.72 Å². The summed E-state index contributed by atoms with van der Waals surface area (Å²) in [4.78, 5) is 20.5. The number of fused-ring (bicyclic) bond motifs is 1. The highest BCUT2D eigenvalue weighted by Crippen LogP contribution is 2.34. The van der Waals surface area contributed by atoms with E-state index in [1.54, 1.807) is 0 Å². The van der Waals surface area contributed by atoms with Crippen LogP contribution in [0.1, 0.15) is 27.2 Å². The van der Waals surface area contributed by atoms with Crippen LogP contribution in [0, 0.1) is 6.92 Å². The predicted octanol–water partition coefficient (Wildman–Crippen LogP) is 4.63. The van der Waals surface area contributed by atoms with Crippen molar-refractivity contribution in [3.63, 3.8) is 0 Å². The Morgan fingerprint density at radius 1 is 1.15 bits per heavy atom. The van der Waals surface area contributed by atoms with Gasteiger partial charge in [0.25, 0.3) is 10.0 Å². The Morgan fingerprint density at radius 3 is 2.59 bits per heavy atom. The van der Waals surface area contributed by atoms with Crippen molar-refractivity contribution in [3.8, 4) is 11.4 Å². The maximum Gasteiger partial charge on any atom is 0.416 e. The van der Waals surface area contributed by atoms with E-state index in [-0.39, 0.29) is 38.9 Å². The topological polar surface area (TPSA) is 114 Å². The van der Waals surface area contributed by atoms with Gasteiger partial charge in [0.05, 0.1) is 21.2 Å². The summed E-state index contributed by atoms with van der Waals surface area (Å²) in [6.07, 6.45) is -1.10. The number of sulfonamides is 1. The van der Waals surface area contributed by atoms with Crippen LogP contribution in [-0.2, 0) is 16.2 Å². The number of pyridine rings is 2. The number of nitrogens with zero attached hydrogens (tertiary/aromatic N) is 3. The third kappa shape index (κ3) is 4.29. The van der Waals surface area contributed by atoms with Gasteiger partial charge in [-0.15, -0.1) is 0 Å². The third-order valence-electron chi connectivity index (χ3n) is 4.95. The number of halogens is 4. The third-order valence-corrected chi connectivity index (χ3v) is 6.52. The first-order valence-corrected chi connectivity index (χ1v) is 11.3. The second-order valence-corrected chi connectivity index (χ2v) is 9.33. The Labute approximate surface area is 196 Å². The normalized spacial score (nSPS) is 12.1. The highest BCUT2D eigenvalue weighted by Gasteiger charge is 2.34. The van der Waals surface area contributed by atoms with E-state index in [1.807, 2.05) is 0 Å². The molecule has 34 heavy (non-hydrogen) atoms. The number of rotatable bonds is 5. The number of nitrogens with one attached hydrogen (secondary N) is 1. The summed E-state index contributed by atoms with van der Waals surface area (Å²) < 4.78 is 68.5. The Bertz CT molecular complexity index is 1500. The first-order chi connectivity index (χ1) is 15.9. The molecule has 8 nitrogen and oxygen atoms in total. The lowest BCUT2D eigenvalue weighted by atomic mass is 10.0. The molecule has 2 aromatic rings. The van der Waals surface area contributed by atoms with Crippen LogP contribution in [0.5, 0.6) is 0 Å². The van der Waals surface area contributed by atoms with Gasteiger partial charge in [-0.25, -0.2) is 18.4 Å². The van der Waals surface area contributed by atoms with Gasteiger partial charge in [-0.1, -0.05) is 17.7 Å². The molecule has 0 atom stereocenters. The Kier molecular flexibility index (Phi) is 5.74. The van der Waals surface area contributed by atoms with E-state index in [0.717, 1.165) is 24.4 Å². The smallest absolute Gasteiger partial charge is 0.416 e. The zero-order valence-corrected chi connectivity index (χ0v) is 18.7. The minimum Gasteiger partial charge on any atom is -0.427 e. The number of carbonyl (C=O) groups is 1. The summed E-state index contributed by atoms with van der Waals surface area (Å²) in [5.74, 6) is -0.644. The molecular weight excluding hydrogens is 497 g/mol. The summed E-state index contributed by atoms with van der Waals surface area (Å²) in [5, 5.41) is 9.83. The van der Waals surface area contributed by atoms with E-state index in [1.165, 1.54) is 31.5 Å². The number of hydrogen-bond donors (Lipinski definition) is 2. The lowest BCUT2D eigenvalue weighted by Crippen LogP contribution is -2.18. The maximum atomic E-state index is 13.3. The molecule has 0 unspecified atom stereocenters. The molecule has 0 radical (unpaired) electrons. The van der Waals surface area contributed by atoms with Gasteiger partial charge in [-0.3, -0.25) is 9.52 Å². The summed E-state index contributed by atoms with van der Waals surface area (Å²) in [5.41, 5.74) is -1.61. The number of hydrogen-bond acceptors (Lipinski definition) is 6. The van der Waals surface area contributed by atoms with Gasteiger partial charge < -0.3 is 5.21 Å². The number of aromatic nitrogens is 3. The number of alkyl halides is 3. The number of aryl methyl sites for hydroxylation is 1. The van der Waals surface area contributed by atoms with Crippen molar-refractivity contribution in [2.45, 2.75) is 18.0 Å². The van der Waals surface area contributed by atoms with Crippen LogP contribution in [0.15, 0.2) is 59.9 Å². The molecule has 3 heterocycles. The molecule has 1 aromatic carbocycles. The summed E-state index contributed by atoms with van der Waals surface area (Å²) in [7, 11) is -4.56. The summed E-state index contributed by atoms with van der Waals surface area (Å²) >= 11 is 5.94. The van der Waals surface area contributed by atoms with Crippen molar-refractivity contribution in [2.24, 2.45) is 0 Å². The van der Waals surface area contributed by atoms with Crippen molar-refractivity contribution < 1.29 is 31.6 Å². The zero-order valence-electron chi connectivity index (χ0n) is 17.1. The molecule has 2 aliphatic heterocycles. The van der Waals surface area contributed by atoms with E-state index in [9.17, 15) is 31.6 Å². The fraction of sp³-hybridized carbons (Fsp3) is 0.0952. The summed E-state index contributed by atoms with van der Waals surface area (Å²) in [6, 6.07) is 6.44. The molecule has 0 saturated carbocycles. The number of benzene rings is 1. The maximum absolute atomic E-state index is 13.3. The van der Waals surface area contributed by atoms with Crippen molar-refractivity contribution >= 4 is 33.1 Å². The fourth-order valence-corrected chi connectivity index (χ4v) is 4.57. The second-order valence-electron chi connectivity index (χ2n) is 7.21. The minimum atomic E-state index is -4.76. The van der Waals surface area contributed by atoms with Crippen LogP contribution in [-0.4, -0.2) is 34.1 Å². The molecule has 176 valence electrons. The SMILES string of the molecule is Cc1ccc(S(=O)(=O)Nc2cc(Cl)cnc2C(=O)c2ccn(O)c3nccc2-3)cc1C(F)(F)F. The average molecular weight is 511 g/mol. The van der Waals surface area contributed by atoms with Crippen LogP contribution in [0.2, 0.25) is 5.02 Å². The van der Waals surface area contributed by atoms with Crippen molar-refractivity contribution in [1.82, 2.24) is 14.7 Å². The van der Waals surface area contributed by atoms with Crippen LogP contribution in [0.3, 0.4) is 0 Å². The predicted molar refractivity (Wildman–Crippen MR) is 116 cm³/mol. The van der Waals surface area contributed by atoms with E-state index in [2.05, 4.69) is 14.7 Å². The molecule has 4 rings (SSSR count). The minimum absolute atomic E-state index is 0.0180. The molecule has 0 saturated heterocycles. The van der Waals surface area contributed by atoms with Gasteiger partial charge in [-0.2, -0.15) is 17.9 Å². The Morgan fingerprint density at radius 2 is 1.88 bits per heavy atom. The van der Waals surface area contributed by atoms with Gasteiger partial charge in [0.2, 0.25) is 5.78 Å². The molecule has 2 N–H and O–H groups in total. The highest BCUT2D eigenvalue weighted by atomic mass is 35.5. The Hall–Kier alpha value is -3.64. The van der Waals surface area contributed by atoms with E-state index >= 15 is 0 Å². The number of ketones is 1. The van der Waals surface area contributed by atoms with Crippen LogP contribution in [0.4, 0.5) is 18.9 Å². The molecule has 2 aliphatic rings. The first kappa shape index (κ1) is 23.5. The van der Waals surface area contributed by atoms with Crippen LogP contribution >= 0.6 is 11.6 Å². The monoisotopic (exact) mass is 510 g/mol. The van der Waals surface area contributed by atoms with Gasteiger partial charge in [0.1, 0.15) is 5.69 Å². The molecule has 13 heteroatoms. The van der Waals surface area contributed by atoms with Gasteiger partial charge in [0, 0.05) is 29.7 Å². The standard InChI is InChI=1S/C21H14ClF3N4O4S/c1-11-2-3-13(9-16(11)21(23,24)25)34(32,33)28-17-8-12(22)10-27-18(17)19(30)14-5-7-29(31)20-15(14)4-6-26-20/h2-10,28,31H,1H3. The van der Waals surface area contributed by atoms with Crippen molar-refractivity contribution in [3.05, 3.63) is 82.4 Å². The lowest BCUT2D eigenvalue weighted by molar-refractivity contribution is -0.138. The number of carbonyl (C=O) groups excluding carboxylic acids is 1.